The second-order valence-electron chi connectivity index (χ2n) is 6.97. The average Bonchev–Trinajstić information content (AvgIpc) is 2.97. The van der Waals surface area contributed by atoms with E-state index in [4.69, 9.17) is 4.74 Å². The van der Waals surface area contributed by atoms with Gasteiger partial charge in [0.2, 0.25) is 0 Å². The van der Waals surface area contributed by atoms with E-state index in [-0.39, 0.29) is 5.69 Å². The zero-order valence-corrected chi connectivity index (χ0v) is 14.5. The zero-order chi connectivity index (χ0) is 18.2. The summed E-state index contributed by atoms with van der Waals surface area (Å²) in [7, 11) is 0. The van der Waals surface area contributed by atoms with Gasteiger partial charge in [0.25, 0.3) is 0 Å². The van der Waals surface area contributed by atoms with Crippen molar-refractivity contribution in [1.29, 1.82) is 0 Å². The van der Waals surface area contributed by atoms with Gasteiger partial charge in [-0.1, -0.05) is 30.3 Å². The first kappa shape index (κ1) is 17.0. The first-order chi connectivity index (χ1) is 11.8. The number of benzene rings is 1. The predicted octanol–water partition coefficient (Wildman–Crippen LogP) is 2.92. The second kappa shape index (κ2) is 6.23. The maximum Gasteiger partial charge on any atom is 0.411 e. The van der Waals surface area contributed by atoms with E-state index in [0.717, 1.165) is 5.56 Å². The SMILES string of the molecule is CC(C)(C)OC(=O)N1CCn2cc(C(=O)O)nc2C1c1ccccc1. The molecule has 2 heterocycles. The lowest BCUT2D eigenvalue weighted by Gasteiger charge is -2.37. The van der Waals surface area contributed by atoms with E-state index in [1.165, 1.54) is 6.20 Å². The highest BCUT2D eigenvalue weighted by atomic mass is 16.6. The molecular weight excluding hydrogens is 322 g/mol. The molecule has 1 amide bonds. The lowest BCUT2D eigenvalue weighted by molar-refractivity contribution is 0.0142. The molecule has 3 rings (SSSR count). The van der Waals surface area contributed by atoms with Gasteiger partial charge in [0.15, 0.2) is 5.69 Å². The van der Waals surface area contributed by atoms with Crippen LogP contribution in [0.15, 0.2) is 36.5 Å². The molecule has 1 aromatic carbocycles. The predicted molar refractivity (Wildman–Crippen MR) is 90.4 cm³/mol. The van der Waals surface area contributed by atoms with Gasteiger partial charge in [-0.05, 0) is 26.3 Å². The van der Waals surface area contributed by atoms with Crippen molar-refractivity contribution in [3.05, 3.63) is 53.6 Å². The van der Waals surface area contributed by atoms with Crippen LogP contribution in [-0.2, 0) is 11.3 Å². The molecule has 132 valence electrons. The van der Waals surface area contributed by atoms with Crippen LogP contribution in [0.5, 0.6) is 0 Å². The molecule has 7 heteroatoms. The first-order valence-electron chi connectivity index (χ1n) is 8.11. The van der Waals surface area contributed by atoms with Gasteiger partial charge < -0.3 is 14.4 Å². The third kappa shape index (κ3) is 3.50. The number of hydrogen-bond donors (Lipinski definition) is 1. The molecule has 1 aliphatic rings. The molecule has 0 spiro atoms. The number of hydrogen-bond acceptors (Lipinski definition) is 4. The summed E-state index contributed by atoms with van der Waals surface area (Å²) in [5.41, 5.74) is 0.219. The second-order valence-corrected chi connectivity index (χ2v) is 6.97. The van der Waals surface area contributed by atoms with E-state index in [1.807, 2.05) is 51.1 Å². The molecule has 7 nitrogen and oxygen atoms in total. The topological polar surface area (TPSA) is 84.7 Å². The zero-order valence-electron chi connectivity index (χ0n) is 14.5. The van der Waals surface area contributed by atoms with E-state index in [2.05, 4.69) is 4.98 Å². The largest absolute Gasteiger partial charge is 0.476 e. The van der Waals surface area contributed by atoms with Crippen molar-refractivity contribution in [2.45, 2.75) is 39.0 Å². The number of amides is 1. The van der Waals surface area contributed by atoms with E-state index < -0.39 is 23.7 Å². The molecule has 0 fully saturated rings. The molecule has 1 N–H and O–H groups in total. The Balaban J connectivity index is 2.04. The molecule has 0 radical (unpaired) electrons. The molecule has 2 aromatic rings. The third-order valence-corrected chi connectivity index (χ3v) is 3.91. The van der Waals surface area contributed by atoms with E-state index in [0.29, 0.717) is 18.9 Å². The molecule has 1 aliphatic heterocycles. The van der Waals surface area contributed by atoms with Crippen LogP contribution in [0.4, 0.5) is 4.79 Å². The smallest absolute Gasteiger partial charge is 0.411 e. The number of carboxylic acids is 1. The Bertz CT molecular complexity index is 792. The monoisotopic (exact) mass is 343 g/mol. The number of carbonyl (C=O) groups excluding carboxylic acids is 1. The highest BCUT2D eigenvalue weighted by Crippen LogP contribution is 2.32. The minimum atomic E-state index is -1.09. The molecular formula is C18H21N3O4. The van der Waals surface area contributed by atoms with Gasteiger partial charge in [-0.2, -0.15) is 0 Å². The van der Waals surface area contributed by atoms with Crippen LogP contribution in [0, 0.1) is 0 Å². The molecule has 0 saturated carbocycles. The molecule has 0 aliphatic carbocycles. The van der Waals surface area contributed by atoms with E-state index >= 15 is 0 Å². The summed E-state index contributed by atoms with van der Waals surface area (Å²) in [5, 5.41) is 9.24. The van der Waals surface area contributed by atoms with Crippen LogP contribution in [-0.4, -0.2) is 43.8 Å². The lowest BCUT2D eigenvalue weighted by atomic mass is 10.0. The Morgan fingerprint density at radius 1 is 1.20 bits per heavy atom. The number of carboxylic acid groups (broad SMARTS) is 1. The van der Waals surface area contributed by atoms with Gasteiger partial charge >= 0.3 is 12.1 Å². The lowest BCUT2D eigenvalue weighted by Crippen LogP contribution is -2.45. The Morgan fingerprint density at radius 2 is 1.88 bits per heavy atom. The minimum absolute atomic E-state index is 0.0260. The van der Waals surface area contributed by atoms with Gasteiger partial charge in [-0.15, -0.1) is 0 Å². The van der Waals surface area contributed by atoms with Crippen molar-refractivity contribution in [1.82, 2.24) is 14.5 Å². The van der Waals surface area contributed by atoms with Gasteiger partial charge in [-0.3, -0.25) is 4.90 Å². The summed E-state index contributed by atoms with van der Waals surface area (Å²) >= 11 is 0. The van der Waals surface area contributed by atoms with Crippen molar-refractivity contribution in [2.24, 2.45) is 0 Å². The Hall–Kier alpha value is -2.83. The van der Waals surface area contributed by atoms with Gasteiger partial charge in [-0.25, -0.2) is 14.6 Å². The number of carbonyl (C=O) groups is 2. The number of nitrogens with zero attached hydrogens (tertiary/aromatic N) is 3. The summed E-state index contributed by atoms with van der Waals surface area (Å²) < 4.78 is 7.33. The van der Waals surface area contributed by atoms with Crippen LogP contribution in [0.2, 0.25) is 0 Å². The Kier molecular flexibility index (Phi) is 4.24. The number of aromatic carboxylic acids is 1. The molecule has 25 heavy (non-hydrogen) atoms. The molecule has 0 saturated heterocycles. The Labute approximate surface area is 145 Å². The number of aromatic nitrogens is 2. The highest BCUT2D eigenvalue weighted by molar-refractivity contribution is 5.85. The minimum Gasteiger partial charge on any atom is -0.476 e. The van der Waals surface area contributed by atoms with Gasteiger partial charge in [0.05, 0.1) is 0 Å². The van der Waals surface area contributed by atoms with Gasteiger partial charge in [0, 0.05) is 19.3 Å². The summed E-state index contributed by atoms with van der Waals surface area (Å²) in [4.78, 5) is 29.8. The number of fused-ring (bicyclic) bond motifs is 1. The van der Waals surface area contributed by atoms with Crippen LogP contribution in [0.25, 0.3) is 0 Å². The quantitative estimate of drug-likeness (QED) is 0.906. The fourth-order valence-corrected chi connectivity index (χ4v) is 2.90. The fourth-order valence-electron chi connectivity index (χ4n) is 2.90. The van der Waals surface area contributed by atoms with Crippen LogP contribution < -0.4 is 0 Å². The molecule has 1 atom stereocenters. The standard InChI is InChI=1S/C18H21N3O4/c1-18(2,3)25-17(24)21-10-9-20-11-13(16(22)23)19-15(20)14(21)12-7-5-4-6-8-12/h4-8,11,14H,9-10H2,1-3H3,(H,22,23). The van der Waals surface area contributed by atoms with Crippen LogP contribution in [0.3, 0.4) is 0 Å². The van der Waals surface area contributed by atoms with Crippen molar-refractivity contribution in [3.8, 4) is 0 Å². The molecule has 1 unspecified atom stereocenters. The van der Waals surface area contributed by atoms with Crippen molar-refractivity contribution < 1.29 is 19.4 Å². The number of rotatable bonds is 2. The summed E-state index contributed by atoms with van der Waals surface area (Å²) in [6, 6.07) is 8.95. The number of imidazole rings is 1. The Morgan fingerprint density at radius 3 is 2.48 bits per heavy atom. The maximum atomic E-state index is 12.7. The fraction of sp³-hybridized carbons (Fsp3) is 0.389. The summed E-state index contributed by atoms with van der Waals surface area (Å²) in [6.45, 7) is 6.33. The van der Waals surface area contributed by atoms with Crippen molar-refractivity contribution >= 4 is 12.1 Å². The van der Waals surface area contributed by atoms with E-state index in [1.54, 1.807) is 9.47 Å². The highest BCUT2D eigenvalue weighted by Gasteiger charge is 2.37. The maximum absolute atomic E-state index is 12.7. The first-order valence-corrected chi connectivity index (χ1v) is 8.11. The summed E-state index contributed by atoms with van der Waals surface area (Å²) in [6.07, 6.45) is 1.08. The third-order valence-electron chi connectivity index (χ3n) is 3.91. The normalized spacial score (nSPS) is 17.1. The van der Waals surface area contributed by atoms with Crippen LogP contribution >= 0.6 is 0 Å². The van der Waals surface area contributed by atoms with Crippen molar-refractivity contribution in [3.63, 3.8) is 0 Å². The van der Waals surface area contributed by atoms with E-state index in [9.17, 15) is 14.7 Å². The average molecular weight is 343 g/mol. The van der Waals surface area contributed by atoms with Crippen LogP contribution in [0.1, 0.15) is 48.7 Å². The van der Waals surface area contributed by atoms with Gasteiger partial charge in [0.1, 0.15) is 17.5 Å². The molecule has 1 aromatic heterocycles. The van der Waals surface area contributed by atoms with Crippen molar-refractivity contribution in [2.75, 3.05) is 6.54 Å². The summed E-state index contributed by atoms with van der Waals surface area (Å²) in [5.74, 6) is -0.557. The molecule has 0 bridgehead atoms. The number of ether oxygens (including phenoxy) is 1.